The zero-order valence-electron chi connectivity index (χ0n) is 41.9. The number of pyridine rings is 1. The minimum absolute atomic E-state index is 0.191. The number of nitrogens with zero attached hydrogens (tertiary/aromatic N) is 6. The van der Waals surface area contributed by atoms with Crippen molar-refractivity contribution >= 4 is 29.8 Å². The molecular formula is C49H56F10N10O8. The Morgan fingerprint density at radius 1 is 0.805 bits per heavy atom. The van der Waals surface area contributed by atoms with Crippen molar-refractivity contribution in [3.05, 3.63) is 89.8 Å². The third-order valence-electron chi connectivity index (χ3n) is 14.4. The molecule has 0 saturated carbocycles. The molecule has 0 radical (unpaired) electrons. The third-order valence-corrected chi connectivity index (χ3v) is 14.4. The number of amides is 4. The van der Waals surface area contributed by atoms with Crippen LogP contribution in [0.3, 0.4) is 0 Å². The summed E-state index contributed by atoms with van der Waals surface area (Å²) in [6.07, 6.45) is -13.2. The van der Waals surface area contributed by atoms with Crippen molar-refractivity contribution in [2.75, 3.05) is 44.9 Å². The number of hydrazine groups is 1. The van der Waals surface area contributed by atoms with E-state index in [1.165, 1.54) is 17.4 Å². The predicted octanol–water partition coefficient (Wildman–Crippen LogP) is 6.41. The molecule has 7 rings (SSSR count). The van der Waals surface area contributed by atoms with E-state index in [9.17, 15) is 64.5 Å². The number of alkyl halides is 8. The van der Waals surface area contributed by atoms with Crippen molar-refractivity contribution in [1.29, 1.82) is 0 Å². The summed E-state index contributed by atoms with van der Waals surface area (Å²) < 4.78 is 155. The number of benzene rings is 2. The molecule has 3 saturated heterocycles. The van der Waals surface area contributed by atoms with Crippen molar-refractivity contribution in [3.8, 4) is 22.4 Å². The molecule has 0 spiro atoms. The first-order valence-corrected chi connectivity index (χ1v) is 24.0. The van der Waals surface area contributed by atoms with Gasteiger partial charge in [0.25, 0.3) is 5.91 Å². The van der Waals surface area contributed by atoms with Crippen LogP contribution in [0.4, 0.5) is 59.3 Å². The van der Waals surface area contributed by atoms with E-state index in [0.29, 0.717) is 79.7 Å². The number of aliphatic hydroxyl groups excluding tert-OH is 1. The SMILES string of the molecule is COC(=O)NC(C(=O)NC(Cc1ccc(-c2ccc(N3C[C@H]4C[C@@H]3CN4C3COC3)nc2)cc1)C(O)CN(Cc1c(F)cc(-c2ccn(C(F)F)n2)cc1F)NC(=O)C(NC(=O)O)C(C)(C)C(F)(F)F)C(C)(C)C(F)(F)F. The zero-order valence-corrected chi connectivity index (χ0v) is 41.9. The van der Waals surface area contributed by atoms with Gasteiger partial charge in [-0.05, 0) is 82.0 Å². The van der Waals surface area contributed by atoms with Gasteiger partial charge in [0.2, 0.25) is 5.91 Å². The highest BCUT2D eigenvalue weighted by atomic mass is 19.4. The van der Waals surface area contributed by atoms with Gasteiger partial charge in [0.05, 0.1) is 55.0 Å². The first kappa shape index (κ1) is 57.9. The molecule has 4 amide bonds. The van der Waals surface area contributed by atoms with Crippen LogP contribution < -0.4 is 26.3 Å². The van der Waals surface area contributed by atoms with Gasteiger partial charge in [0.15, 0.2) is 0 Å². The fourth-order valence-corrected chi connectivity index (χ4v) is 9.40. The Hall–Kier alpha value is -6.78. The molecule has 6 atom stereocenters. The van der Waals surface area contributed by atoms with E-state index in [1.807, 2.05) is 22.9 Å². The summed E-state index contributed by atoms with van der Waals surface area (Å²) in [5.41, 5.74) is -4.30. The van der Waals surface area contributed by atoms with Crippen LogP contribution in [0.1, 0.15) is 51.8 Å². The van der Waals surface area contributed by atoms with Gasteiger partial charge in [-0.2, -0.15) is 40.2 Å². The predicted molar refractivity (Wildman–Crippen MR) is 254 cm³/mol. The molecule has 4 unspecified atom stereocenters. The van der Waals surface area contributed by atoms with E-state index < -0.39 is 115 Å². The van der Waals surface area contributed by atoms with Gasteiger partial charge >= 0.3 is 31.1 Å². The Balaban J connectivity index is 1.20. The second kappa shape index (κ2) is 22.7. The van der Waals surface area contributed by atoms with E-state index in [4.69, 9.17) is 9.72 Å². The number of hydrogen-bond acceptors (Lipinski definition) is 12. The van der Waals surface area contributed by atoms with Crippen LogP contribution in [0, 0.1) is 22.5 Å². The number of nitrogens with one attached hydrogen (secondary N) is 4. The summed E-state index contributed by atoms with van der Waals surface area (Å²) in [7, 11) is 0.817. The number of likely N-dealkylation sites (tertiary alicyclic amines) is 1. The molecule has 2 bridgehead atoms. The molecule has 6 N–H and O–H groups in total. The van der Waals surface area contributed by atoms with Crippen LogP contribution in [0.2, 0.25) is 0 Å². The minimum Gasteiger partial charge on any atom is -0.465 e. The fourth-order valence-electron chi connectivity index (χ4n) is 9.40. The van der Waals surface area contributed by atoms with Gasteiger partial charge < -0.3 is 40.5 Å². The molecule has 3 aliphatic rings. The van der Waals surface area contributed by atoms with E-state index in [2.05, 4.69) is 25.0 Å². The highest BCUT2D eigenvalue weighted by molar-refractivity contribution is 5.87. The second-order valence-electron chi connectivity index (χ2n) is 20.2. The average Bonchev–Trinajstić information content (AvgIpc) is 4.17. The van der Waals surface area contributed by atoms with Gasteiger partial charge in [-0.1, -0.05) is 24.3 Å². The number of aromatic nitrogens is 3. The number of piperazine rings is 1. The van der Waals surface area contributed by atoms with Gasteiger partial charge in [-0.3, -0.25) is 19.9 Å². The van der Waals surface area contributed by atoms with Gasteiger partial charge in [0.1, 0.15) is 29.5 Å². The molecule has 18 nitrogen and oxygen atoms in total. The molecule has 2 aromatic carbocycles. The molecule has 5 heterocycles. The third kappa shape index (κ3) is 12.8. The van der Waals surface area contributed by atoms with E-state index in [-0.39, 0.29) is 15.9 Å². The second-order valence-corrected chi connectivity index (χ2v) is 20.2. The number of carbonyl (C=O) groups excluding carboxylic acids is 3. The lowest BCUT2D eigenvalue weighted by molar-refractivity contribution is -0.221. The lowest BCUT2D eigenvalue weighted by Crippen LogP contribution is -2.63. The molecule has 0 aliphatic carbocycles. The normalized spacial score (nSPS) is 18.9. The van der Waals surface area contributed by atoms with Gasteiger partial charge in [-0.15, -0.1) is 0 Å². The van der Waals surface area contributed by atoms with Gasteiger partial charge in [-0.25, -0.2) is 33.0 Å². The van der Waals surface area contributed by atoms with Crippen molar-refractivity contribution in [1.82, 2.24) is 46.0 Å². The number of rotatable bonds is 20. The maximum Gasteiger partial charge on any atom is 0.407 e. The van der Waals surface area contributed by atoms with E-state index in [1.54, 1.807) is 18.3 Å². The van der Waals surface area contributed by atoms with Crippen LogP contribution in [0.25, 0.3) is 22.4 Å². The van der Waals surface area contributed by atoms with Crippen LogP contribution in [-0.4, -0.2) is 154 Å². The number of fused-ring (bicyclic) bond motifs is 2. The first-order chi connectivity index (χ1) is 36.0. The highest BCUT2D eigenvalue weighted by Gasteiger charge is 2.57. The number of carbonyl (C=O) groups is 4. The lowest BCUT2D eigenvalue weighted by atomic mass is 9.82. The molecule has 4 aromatic rings. The number of alkyl carbamates (subject to hydrolysis) is 1. The molecular weight excluding hydrogens is 1050 g/mol. The maximum absolute atomic E-state index is 16.0. The minimum atomic E-state index is -5.28. The number of aliphatic hydroxyl groups is 1. The largest absolute Gasteiger partial charge is 0.465 e. The molecule has 3 fully saturated rings. The summed E-state index contributed by atoms with van der Waals surface area (Å²) in [5.74, 6) is -5.41. The molecule has 77 heavy (non-hydrogen) atoms. The van der Waals surface area contributed by atoms with Crippen molar-refractivity contribution in [3.63, 3.8) is 0 Å². The summed E-state index contributed by atoms with van der Waals surface area (Å²) in [4.78, 5) is 61.5. The van der Waals surface area contributed by atoms with Crippen LogP contribution >= 0.6 is 0 Å². The number of carboxylic acid groups (broad SMARTS) is 1. The fraction of sp³-hybridized carbons (Fsp3) is 0.510. The number of halogens is 10. The number of methoxy groups -OCH3 is 1. The molecule has 420 valence electrons. The molecule has 2 aromatic heterocycles. The standard InChI is InChI=1S/C49H56F10N10O8/c1-46(2,48(54,55)56)39(63-45(75)76-5)41(71)61-36(14-25-6-8-26(9-7-25)27-10-11-38(60-18-27)68-20-29-17-30(68)19-67(29)31-23-77-24-31)37(70)22-66(65-42(72)40(62-44(73)74)47(3,4)49(57,58)59)21-32-33(50)15-28(16-34(32)51)35-12-13-69(64-35)43(52)53/h6-13,15-16,18,29-31,36-37,39-40,43,62,70H,14,17,19-24H2,1-5H3,(H,61,71)(H,63,75)(H,65,72)(H,73,74)/t29-,30-,36?,37?,39?,40?/m1/s1. The van der Waals surface area contributed by atoms with Crippen molar-refractivity contribution < 1.29 is 82.8 Å². The van der Waals surface area contributed by atoms with E-state index >= 15 is 8.78 Å². The van der Waals surface area contributed by atoms with Crippen LogP contribution in [0.15, 0.2) is 67.0 Å². The Bertz CT molecular complexity index is 2740. The highest BCUT2D eigenvalue weighted by Crippen LogP contribution is 2.42. The maximum atomic E-state index is 16.0. The Morgan fingerprint density at radius 2 is 1.42 bits per heavy atom. The summed E-state index contributed by atoms with van der Waals surface area (Å²) in [6.45, 7) is -0.169. The quantitative estimate of drug-likeness (QED) is 0.0418. The number of anilines is 1. The van der Waals surface area contributed by atoms with E-state index in [0.717, 1.165) is 57.9 Å². The summed E-state index contributed by atoms with van der Waals surface area (Å²) in [6, 6.07) is 6.58. The number of hydrogen-bond donors (Lipinski definition) is 6. The first-order valence-electron chi connectivity index (χ1n) is 24.0. The topological polar surface area (TPSA) is 216 Å². The van der Waals surface area contributed by atoms with Crippen molar-refractivity contribution in [2.24, 2.45) is 10.8 Å². The smallest absolute Gasteiger partial charge is 0.407 e. The zero-order chi connectivity index (χ0) is 56.5. The Kier molecular flexibility index (Phi) is 17.0. The number of ether oxygens (including phenoxy) is 2. The van der Waals surface area contributed by atoms with Crippen LogP contribution in [-0.2, 0) is 32.0 Å². The average molecular weight is 1100 g/mol. The van der Waals surface area contributed by atoms with Gasteiger partial charge in [0, 0.05) is 67.3 Å². The Morgan fingerprint density at radius 3 is 1.91 bits per heavy atom. The monoisotopic (exact) mass is 1100 g/mol. The van der Waals surface area contributed by atoms with Crippen LogP contribution in [0.5, 0.6) is 0 Å². The van der Waals surface area contributed by atoms with Crippen molar-refractivity contribution in [2.45, 2.75) is 108 Å². The molecule has 28 heteroatoms. The lowest BCUT2D eigenvalue weighted by Gasteiger charge is -2.42. The molecule has 3 aliphatic heterocycles. The Labute approximate surface area is 434 Å². The summed E-state index contributed by atoms with van der Waals surface area (Å²) in [5, 5.41) is 31.2. The summed E-state index contributed by atoms with van der Waals surface area (Å²) >= 11 is 0.